The molecule has 1 aromatic rings. The Morgan fingerprint density at radius 1 is 1.00 bits per heavy atom. The summed E-state index contributed by atoms with van der Waals surface area (Å²) in [6.45, 7) is 8.22. The van der Waals surface area contributed by atoms with Crippen LogP contribution in [0.3, 0.4) is 0 Å². The van der Waals surface area contributed by atoms with Gasteiger partial charge >= 0.3 is 0 Å². The van der Waals surface area contributed by atoms with Gasteiger partial charge in [-0.25, -0.2) is 0 Å². The lowest BCUT2D eigenvalue weighted by Gasteiger charge is -2.26. The molecule has 0 bridgehead atoms. The first-order valence-corrected chi connectivity index (χ1v) is 7.04. The van der Waals surface area contributed by atoms with Gasteiger partial charge in [0.25, 0.3) is 0 Å². The van der Waals surface area contributed by atoms with E-state index < -0.39 is 0 Å². The van der Waals surface area contributed by atoms with Crippen molar-refractivity contribution in [3.63, 3.8) is 0 Å². The summed E-state index contributed by atoms with van der Waals surface area (Å²) < 4.78 is 16.6. The Kier molecular flexibility index (Phi) is 8.42. The minimum atomic E-state index is 0. The number of benzene rings is 1. The number of hydrogen-bond donors (Lipinski definition) is 0. The van der Waals surface area contributed by atoms with Gasteiger partial charge in [0.15, 0.2) is 0 Å². The van der Waals surface area contributed by atoms with E-state index in [1.807, 2.05) is 24.3 Å². The first-order chi connectivity index (χ1) is 9.38. The Morgan fingerprint density at radius 2 is 1.55 bits per heavy atom. The topological polar surface area (TPSA) is 30.9 Å². The highest BCUT2D eigenvalue weighted by molar-refractivity contribution is 5.85. The van der Waals surface area contributed by atoms with E-state index in [1.54, 1.807) is 0 Å². The Morgan fingerprint density at radius 3 is 2.10 bits per heavy atom. The van der Waals surface area contributed by atoms with E-state index in [-0.39, 0.29) is 12.4 Å². The monoisotopic (exact) mass is 301 g/mol. The zero-order chi connectivity index (χ0) is 13.3. The molecule has 0 unspecified atom stereocenters. The second-order valence-corrected chi connectivity index (χ2v) is 4.62. The molecule has 1 aromatic carbocycles. The zero-order valence-corrected chi connectivity index (χ0v) is 12.9. The third-order valence-electron chi connectivity index (χ3n) is 3.08. The zero-order valence-electron chi connectivity index (χ0n) is 12.0. The summed E-state index contributed by atoms with van der Waals surface area (Å²) >= 11 is 0. The molecule has 114 valence electrons. The smallest absolute Gasteiger partial charge is 0.119 e. The quantitative estimate of drug-likeness (QED) is 0.774. The van der Waals surface area contributed by atoms with Crippen molar-refractivity contribution in [1.29, 1.82) is 0 Å². The maximum Gasteiger partial charge on any atom is 0.119 e. The summed E-state index contributed by atoms with van der Waals surface area (Å²) in [4.78, 5) is 2.36. The largest absolute Gasteiger partial charge is 0.494 e. The lowest BCUT2D eigenvalue weighted by Crippen LogP contribution is -2.38. The van der Waals surface area contributed by atoms with Gasteiger partial charge in [0.2, 0.25) is 0 Å². The van der Waals surface area contributed by atoms with Crippen LogP contribution in [0.15, 0.2) is 24.3 Å². The Hall–Kier alpha value is -0.970. The van der Waals surface area contributed by atoms with Gasteiger partial charge < -0.3 is 14.2 Å². The van der Waals surface area contributed by atoms with Crippen LogP contribution >= 0.6 is 12.4 Å². The van der Waals surface area contributed by atoms with Crippen LogP contribution in [0.2, 0.25) is 0 Å². The first kappa shape index (κ1) is 17.1. The number of rotatable bonds is 7. The highest BCUT2D eigenvalue weighted by atomic mass is 35.5. The Labute approximate surface area is 127 Å². The van der Waals surface area contributed by atoms with E-state index in [0.29, 0.717) is 0 Å². The molecule has 0 aliphatic carbocycles. The molecule has 2 rings (SSSR count). The molecule has 20 heavy (non-hydrogen) atoms. The highest BCUT2D eigenvalue weighted by Crippen LogP contribution is 2.17. The molecule has 0 atom stereocenters. The van der Waals surface area contributed by atoms with E-state index in [1.165, 1.54) is 0 Å². The number of nitrogens with zero attached hydrogens (tertiary/aromatic N) is 1. The van der Waals surface area contributed by atoms with Gasteiger partial charge in [0.1, 0.15) is 18.1 Å². The molecule has 0 aromatic heterocycles. The maximum atomic E-state index is 5.73. The van der Waals surface area contributed by atoms with Crippen molar-refractivity contribution in [2.75, 3.05) is 46.1 Å². The van der Waals surface area contributed by atoms with Crippen LogP contribution in [-0.4, -0.2) is 51.0 Å². The fourth-order valence-corrected chi connectivity index (χ4v) is 1.97. The van der Waals surface area contributed by atoms with E-state index in [2.05, 4.69) is 11.8 Å². The lowest BCUT2D eigenvalue weighted by atomic mass is 10.3. The number of ether oxygens (including phenoxy) is 3. The van der Waals surface area contributed by atoms with Gasteiger partial charge in [-0.2, -0.15) is 0 Å². The van der Waals surface area contributed by atoms with Gasteiger partial charge in [0.05, 0.1) is 19.8 Å². The number of morpholine rings is 1. The van der Waals surface area contributed by atoms with E-state index in [9.17, 15) is 0 Å². The second kappa shape index (κ2) is 9.86. The molecule has 4 nitrogen and oxygen atoms in total. The van der Waals surface area contributed by atoms with Crippen molar-refractivity contribution < 1.29 is 14.2 Å². The fourth-order valence-electron chi connectivity index (χ4n) is 1.97. The first-order valence-electron chi connectivity index (χ1n) is 7.04. The van der Waals surface area contributed by atoms with Crippen molar-refractivity contribution in [1.82, 2.24) is 4.90 Å². The summed E-state index contributed by atoms with van der Waals surface area (Å²) in [7, 11) is 0. The normalized spacial score (nSPS) is 15.4. The maximum absolute atomic E-state index is 5.73. The van der Waals surface area contributed by atoms with Crippen molar-refractivity contribution >= 4 is 12.4 Å². The molecule has 0 saturated carbocycles. The molecular formula is C15H24ClNO3. The SMILES string of the molecule is CCCOc1ccc(OCCN2CCOCC2)cc1.Cl. The van der Waals surface area contributed by atoms with Crippen LogP contribution in [0.4, 0.5) is 0 Å². The predicted octanol–water partition coefficient (Wildman–Crippen LogP) is 2.61. The predicted molar refractivity (Wildman–Crippen MR) is 82.2 cm³/mol. The summed E-state index contributed by atoms with van der Waals surface area (Å²) in [6.07, 6.45) is 1.03. The van der Waals surface area contributed by atoms with Crippen molar-refractivity contribution in [3.05, 3.63) is 24.3 Å². The molecule has 1 aliphatic heterocycles. The van der Waals surface area contributed by atoms with Crippen LogP contribution < -0.4 is 9.47 Å². The van der Waals surface area contributed by atoms with Crippen molar-refractivity contribution in [3.8, 4) is 11.5 Å². The van der Waals surface area contributed by atoms with E-state index >= 15 is 0 Å². The van der Waals surface area contributed by atoms with Gasteiger partial charge in [-0.05, 0) is 30.7 Å². The minimum Gasteiger partial charge on any atom is -0.494 e. The Bertz CT molecular complexity index is 353. The summed E-state index contributed by atoms with van der Waals surface area (Å²) in [5.41, 5.74) is 0. The number of halogens is 1. The van der Waals surface area contributed by atoms with Gasteiger partial charge in [0, 0.05) is 19.6 Å². The summed E-state index contributed by atoms with van der Waals surface area (Å²) in [6, 6.07) is 7.84. The van der Waals surface area contributed by atoms with Crippen molar-refractivity contribution in [2.45, 2.75) is 13.3 Å². The average molecular weight is 302 g/mol. The lowest BCUT2D eigenvalue weighted by molar-refractivity contribution is 0.0322. The van der Waals surface area contributed by atoms with E-state index in [4.69, 9.17) is 14.2 Å². The highest BCUT2D eigenvalue weighted by Gasteiger charge is 2.09. The standard InChI is InChI=1S/C15H23NO3.ClH/c1-2-10-18-14-3-5-15(6-4-14)19-13-9-16-7-11-17-12-8-16;/h3-6H,2,7-13H2,1H3;1H. The molecule has 1 aliphatic rings. The van der Waals surface area contributed by atoms with Crippen LogP contribution in [0, 0.1) is 0 Å². The van der Waals surface area contributed by atoms with Gasteiger partial charge in [-0.3, -0.25) is 4.90 Å². The fraction of sp³-hybridized carbons (Fsp3) is 0.600. The van der Waals surface area contributed by atoms with E-state index in [0.717, 1.165) is 64.0 Å². The van der Waals surface area contributed by atoms with Gasteiger partial charge in [-0.15, -0.1) is 12.4 Å². The molecular weight excluding hydrogens is 278 g/mol. The number of hydrogen-bond acceptors (Lipinski definition) is 4. The molecule has 5 heteroatoms. The third kappa shape index (κ3) is 5.99. The third-order valence-corrected chi connectivity index (χ3v) is 3.08. The summed E-state index contributed by atoms with van der Waals surface area (Å²) in [5, 5.41) is 0. The van der Waals surface area contributed by atoms with Crippen LogP contribution in [0.25, 0.3) is 0 Å². The van der Waals surface area contributed by atoms with Gasteiger partial charge in [-0.1, -0.05) is 6.92 Å². The molecule has 1 heterocycles. The average Bonchev–Trinajstić information content (AvgIpc) is 2.47. The van der Waals surface area contributed by atoms with Crippen molar-refractivity contribution in [2.24, 2.45) is 0 Å². The molecule has 1 saturated heterocycles. The Balaban J connectivity index is 0.00000200. The summed E-state index contributed by atoms with van der Waals surface area (Å²) in [5.74, 6) is 1.81. The van der Waals surface area contributed by atoms with Crippen LogP contribution in [0.1, 0.15) is 13.3 Å². The molecule has 0 N–H and O–H groups in total. The second-order valence-electron chi connectivity index (χ2n) is 4.62. The molecule has 1 fully saturated rings. The minimum absolute atomic E-state index is 0. The molecule has 0 spiro atoms. The van der Waals surface area contributed by atoms with Crippen LogP contribution in [0.5, 0.6) is 11.5 Å². The molecule has 0 amide bonds. The van der Waals surface area contributed by atoms with Crippen LogP contribution in [-0.2, 0) is 4.74 Å². The molecule has 0 radical (unpaired) electrons.